The summed E-state index contributed by atoms with van der Waals surface area (Å²) in [7, 11) is 2.12. The molecule has 1 fully saturated rings. The molecule has 1 N–H and O–H groups in total. The van der Waals surface area contributed by atoms with Crippen LogP contribution < -0.4 is 10.2 Å². The van der Waals surface area contributed by atoms with E-state index in [0.717, 1.165) is 38.8 Å². The molecule has 1 aliphatic carbocycles. The lowest BCUT2D eigenvalue weighted by Gasteiger charge is -2.22. The van der Waals surface area contributed by atoms with Gasteiger partial charge < -0.3 is 15.0 Å². The van der Waals surface area contributed by atoms with Gasteiger partial charge in [0.2, 0.25) is 0 Å². The molecule has 0 unspecified atom stereocenters. The third-order valence-corrected chi connectivity index (χ3v) is 3.48. The van der Waals surface area contributed by atoms with Gasteiger partial charge in [-0.15, -0.1) is 0 Å². The molecule has 106 valence electrons. The van der Waals surface area contributed by atoms with E-state index in [1.807, 2.05) is 12.4 Å². The van der Waals surface area contributed by atoms with Crippen LogP contribution in [0.4, 0.5) is 5.69 Å². The number of aromatic nitrogens is 1. The Labute approximate surface area is 116 Å². The number of hydrogen-bond donors (Lipinski definition) is 1. The molecule has 0 saturated heterocycles. The summed E-state index contributed by atoms with van der Waals surface area (Å²) in [6.07, 6.45) is 6.51. The van der Waals surface area contributed by atoms with E-state index in [0.29, 0.717) is 0 Å². The van der Waals surface area contributed by atoms with Crippen molar-refractivity contribution in [3.63, 3.8) is 0 Å². The van der Waals surface area contributed by atoms with E-state index in [9.17, 15) is 0 Å². The van der Waals surface area contributed by atoms with E-state index in [-0.39, 0.29) is 0 Å². The molecular weight excluding hydrogens is 238 g/mol. The summed E-state index contributed by atoms with van der Waals surface area (Å²) < 4.78 is 5.70. The molecule has 0 bridgehead atoms. The molecule has 1 heterocycles. The average molecular weight is 263 g/mol. The summed E-state index contributed by atoms with van der Waals surface area (Å²) >= 11 is 0. The molecule has 0 spiro atoms. The van der Waals surface area contributed by atoms with E-state index in [2.05, 4.69) is 35.2 Å². The molecule has 0 amide bonds. The Hall–Kier alpha value is -1.13. The predicted octanol–water partition coefficient (Wildman–Crippen LogP) is 2.05. The van der Waals surface area contributed by atoms with Crippen molar-refractivity contribution in [3.8, 4) is 0 Å². The average Bonchev–Trinajstić information content (AvgIpc) is 3.25. The number of anilines is 1. The van der Waals surface area contributed by atoms with Crippen LogP contribution in [-0.2, 0) is 11.3 Å². The van der Waals surface area contributed by atoms with Crippen LogP contribution in [0.3, 0.4) is 0 Å². The minimum atomic E-state index is 0.802. The second-order valence-corrected chi connectivity index (χ2v) is 5.22. The van der Waals surface area contributed by atoms with Crippen molar-refractivity contribution >= 4 is 5.69 Å². The molecule has 0 radical (unpaired) electrons. The highest BCUT2D eigenvalue weighted by Gasteiger charge is 2.21. The minimum Gasteiger partial charge on any atom is -0.379 e. The normalized spacial score (nSPS) is 14.6. The Morgan fingerprint density at radius 1 is 1.47 bits per heavy atom. The molecule has 4 nitrogen and oxygen atoms in total. The SMILES string of the molecule is CCNCc1cnccc1N(C)CCOCC1CC1. The number of rotatable bonds is 9. The van der Waals surface area contributed by atoms with E-state index in [4.69, 9.17) is 4.74 Å². The van der Waals surface area contributed by atoms with Gasteiger partial charge in [0, 0.05) is 50.4 Å². The zero-order chi connectivity index (χ0) is 13.5. The number of pyridine rings is 1. The first kappa shape index (κ1) is 14.3. The van der Waals surface area contributed by atoms with Crippen LogP contribution in [0.1, 0.15) is 25.3 Å². The summed E-state index contributed by atoms with van der Waals surface area (Å²) in [5.41, 5.74) is 2.49. The maximum Gasteiger partial charge on any atom is 0.0641 e. The molecule has 1 saturated carbocycles. The molecule has 1 aliphatic rings. The summed E-state index contributed by atoms with van der Waals surface area (Å²) in [6, 6.07) is 2.08. The highest BCUT2D eigenvalue weighted by atomic mass is 16.5. The monoisotopic (exact) mass is 263 g/mol. The number of hydrogen-bond acceptors (Lipinski definition) is 4. The summed E-state index contributed by atoms with van der Waals surface area (Å²) in [5, 5.41) is 3.35. The van der Waals surface area contributed by atoms with Crippen LogP contribution in [0.5, 0.6) is 0 Å². The molecule has 0 aliphatic heterocycles. The highest BCUT2D eigenvalue weighted by Crippen LogP contribution is 2.28. The van der Waals surface area contributed by atoms with Crippen LogP contribution in [0.15, 0.2) is 18.5 Å². The predicted molar refractivity (Wildman–Crippen MR) is 78.4 cm³/mol. The lowest BCUT2D eigenvalue weighted by molar-refractivity contribution is 0.131. The quantitative estimate of drug-likeness (QED) is 0.692. The van der Waals surface area contributed by atoms with Gasteiger partial charge in [-0.05, 0) is 31.4 Å². The van der Waals surface area contributed by atoms with E-state index >= 15 is 0 Å². The van der Waals surface area contributed by atoms with Gasteiger partial charge in [-0.2, -0.15) is 0 Å². The van der Waals surface area contributed by atoms with E-state index in [1.54, 1.807) is 0 Å². The topological polar surface area (TPSA) is 37.4 Å². The van der Waals surface area contributed by atoms with Crippen LogP contribution >= 0.6 is 0 Å². The van der Waals surface area contributed by atoms with Gasteiger partial charge in [0.15, 0.2) is 0 Å². The highest BCUT2D eigenvalue weighted by molar-refractivity contribution is 5.51. The molecule has 0 aromatic carbocycles. The van der Waals surface area contributed by atoms with Crippen molar-refractivity contribution in [2.24, 2.45) is 5.92 Å². The molecule has 0 atom stereocenters. The molecular formula is C15H25N3O. The van der Waals surface area contributed by atoms with E-state index in [1.165, 1.54) is 24.1 Å². The fourth-order valence-corrected chi connectivity index (χ4v) is 2.04. The summed E-state index contributed by atoms with van der Waals surface area (Å²) in [5.74, 6) is 0.843. The van der Waals surface area contributed by atoms with Gasteiger partial charge in [-0.25, -0.2) is 0 Å². The lowest BCUT2D eigenvalue weighted by atomic mass is 10.2. The van der Waals surface area contributed by atoms with Crippen molar-refractivity contribution in [1.29, 1.82) is 0 Å². The first-order valence-electron chi connectivity index (χ1n) is 7.23. The Balaban J connectivity index is 1.80. The fourth-order valence-electron chi connectivity index (χ4n) is 2.04. The van der Waals surface area contributed by atoms with Crippen LogP contribution in [0.25, 0.3) is 0 Å². The van der Waals surface area contributed by atoms with Crippen LogP contribution in [-0.4, -0.2) is 38.3 Å². The number of nitrogens with zero attached hydrogens (tertiary/aromatic N) is 2. The van der Waals surface area contributed by atoms with Crippen molar-refractivity contribution in [1.82, 2.24) is 10.3 Å². The molecule has 1 aromatic heterocycles. The number of ether oxygens (including phenoxy) is 1. The van der Waals surface area contributed by atoms with Gasteiger partial charge in [0.25, 0.3) is 0 Å². The molecule has 2 rings (SSSR count). The van der Waals surface area contributed by atoms with Gasteiger partial charge in [-0.3, -0.25) is 4.98 Å². The zero-order valence-corrected chi connectivity index (χ0v) is 12.1. The fraction of sp³-hybridized carbons (Fsp3) is 0.667. The Morgan fingerprint density at radius 2 is 2.32 bits per heavy atom. The molecule has 19 heavy (non-hydrogen) atoms. The second-order valence-electron chi connectivity index (χ2n) is 5.22. The summed E-state index contributed by atoms with van der Waals surface area (Å²) in [4.78, 5) is 6.46. The molecule has 4 heteroatoms. The van der Waals surface area contributed by atoms with Crippen molar-refractivity contribution < 1.29 is 4.74 Å². The third-order valence-electron chi connectivity index (χ3n) is 3.48. The molecule has 1 aromatic rings. The van der Waals surface area contributed by atoms with Crippen molar-refractivity contribution in [2.45, 2.75) is 26.3 Å². The smallest absolute Gasteiger partial charge is 0.0641 e. The second kappa shape index (κ2) is 7.46. The Morgan fingerprint density at radius 3 is 3.05 bits per heavy atom. The Kier molecular flexibility index (Phi) is 5.61. The summed E-state index contributed by atoms with van der Waals surface area (Å²) in [6.45, 7) is 6.63. The third kappa shape index (κ3) is 4.80. The number of likely N-dealkylation sites (N-methyl/N-ethyl adjacent to an activating group) is 1. The maximum absolute atomic E-state index is 5.70. The first-order chi connectivity index (χ1) is 9.31. The maximum atomic E-state index is 5.70. The van der Waals surface area contributed by atoms with Gasteiger partial charge in [-0.1, -0.05) is 6.92 Å². The van der Waals surface area contributed by atoms with Crippen LogP contribution in [0.2, 0.25) is 0 Å². The lowest BCUT2D eigenvalue weighted by Crippen LogP contribution is -2.25. The Bertz CT molecular complexity index is 379. The standard InChI is InChI=1S/C15H25N3O/c1-3-16-10-14-11-17-7-6-15(14)18(2)8-9-19-12-13-4-5-13/h6-7,11,13,16H,3-5,8-10,12H2,1-2H3. The van der Waals surface area contributed by atoms with E-state index < -0.39 is 0 Å². The minimum absolute atomic E-state index is 0.802. The van der Waals surface area contributed by atoms with Crippen molar-refractivity contribution in [2.75, 3.05) is 38.3 Å². The van der Waals surface area contributed by atoms with Gasteiger partial charge in [0.1, 0.15) is 0 Å². The largest absolute Gasteiger partial charge is 0.379 e. The van der Waals surface area contributed by atoms with Crippen LogP contribution in [0, 0.1) is 5.92 Å². The van der Waals surface area contributed by atoms with Crippen molar-refractivity contribution in [3.05, 3.63) is 24.0 Å². The van der Waals surface area contributed by atoms with Gasteiger partial charge in [0.05, 0.1) is 6.61 Å². The zero-order valence-electron chi connectivity index (χ0n) is 12.1. The first-order valence-corrected chi connectivity index (χ1v) is 7.23. The van der Waals surface area contributed by atoms with Gasteiger partial charge >= 0.3 is 0 Å². The number of nitrogens with one attached hydrogen (secondary N) is 1.